The Balaban J connectivity index is 1.82. The molecule has 0 spiro atoms. The molecule has 1 amide bonds. The van der Waals surface area contributed by atoms with E-state index in [1.165, 1.54) is 6.42 Å². The Kier molecular flexibility index (Phi) is 3.97. The first-order valence-electron chi connectivity index (χ1n) is 5.92. The van der Waals surface area contributed by atoms with Crippen LogP contribution in [0.5, 0.6) is 0 Å². The zero-order valence-electron chi connectivity index (χ0n) is 9.21. The van der Waals surface area contributed by atoms with Crippen molar-refractivity contribution in [3.05, 3.63) is 0 Å². The van der Waals surface area contributed by atoms with Crippen molar-refractivity contribution < 1.29 is 9.53 Å². The molecule has 2 heterocycles. The minimum atomic E-state index is 0.248. The van der Waals surface area contributed by atoms with E-state index < -0.39 is 0 Å². The van der Waals surface area contributed by atoms with E-state index in [0.29, 0.717) is 12.5 Å². The highest BCUT2D eigenvalue weighted by atomic mass is 16.5. The van der Waals surface area contributed by atoms with Crippen LogP contribution in [0.15, 0.2) is 0 Å². The summed E-state index contributed by atoms with van der Waals surface area (Å²) in [6.45, 7) is 4.99. The van der Waals surface area contributed by atoms with E-state index in [0.717, 1.165) is 45.7 Å². The second kappa shape index (κ2) is 5.47. The normalized spacial score (nSPS) is 28.9. The number of rotatable bonds is 2. The molecular weight excluding hydrogens is 192 g/mol. The summed E-state index contributed by atoms with van der Waals surface area (Å²) in [7, 11) is 0. The van der Waals surface area contributed by atoms with Gasteiger partial charge in [0, 0.05) is 19.7 Å². The van der Waals surface area contributed by atoms with Crippen molar-refractivity contribution in [3.8, 4) is 0 Å². The third-order valence-electron chi connectivity index (χ3n) is 3.14. The maximum Gasteiger partial charge on any atom is 0.236 e. The number of hydrogen-bond acceptors (Lipinski definition) is 3. The molecule has 2 saturated heterocycles. The predicted octanol–water partition coefficient (Wildman–Crippen LogP) is 0.235. The summed E-state index contributed by atoms with van der Waals surface area (Å²) in [6.07, 6.45) is 3.42. The first-order chi connectivity index (χ1) is 7.36. The van der Waals surface area contributed by atoms with E-state index in [2.05, 4.69) is 5.32 Å². The van der Waals surface area contributed by atoms with Gasteiger partial charge in [0.05, 0.1) is 13.2 Å². The molecule has 0 aliphatic carbocycles. The van der Waals surface area contributed by atoms with Gasteiger partial charge in [-0.05, 0) is 31.7 Å². The summed E-state index contributed by atoms with van der Waals surface area (Å²) in [5, 5.41) is 3.14. The molecule has 86 valence electrons. The number of nitrogens with one attached hydrogen (secondary N) is 1. The van der Waals surface area contributed by atoms with Gasteiger partial charge in [0.1, 0.15) is 0 Å². The fraction of sp³-hybridized carbons (Fsp3) is 0.909. The third kappa shape index (κ3) is 3.18. The van der Waals surface area contributed by atoms with E-state index in [-0.39, 0.29) is 5.91 Å². The molecule has 0 radical (unpaired) electrons. The highest BCUT2D eigenvalue weighted by Crippen LogP contribution is 2.15. The van der Waals surface area contributed by atoms with Crippen LogP contribution < -0.4 is 5.32 Å². The Bertz CT molecular complexity index is 215. The molecule has 2 aliphatic rings. The van der Waals surface area contributed by atoms with Crippen molar-refractivity contribution in [1.29, 1.82) is 0 Å². The lowest BCUT2D eigenvalue weighted by Crippen LogP contribution is -2.40. The standard InChI is InChI=1S/C11H20N2O2/c14-11-7-12-4-2-5-13(11)8-10-3-1-6-15-9-10/h10,12H,1-9H2. The van der Waals surface area contributed by atoms with E-state index >= 15 is 0 Å². The van der Waals surface area contributed by atoms with Crippen molar-refractivity contribution in [2.75, 3.05) is 39.4 Å². The van der Waals surface area contributed by atoms with Crippen molar-refractivity contribution in [3.63, 3.8) is 0 Å². The number of carbonyl (C=O) groups is 1. The molecule has 2 aliphatic heterocycles. The molecule has 1 unspecified atom stereocenters. The Morgan fingerprint density at radius 2 is 2.40 bits per heavy atom. The maximum atomic E-state index is 11.7. The molecule has 4 nitrogen and oxygen atoms in total. The molecule has 1 atom stereocenters. The van der Waals surface area contributed by atoms with Gasteiger partial charge in [-0.15, -0.1) is 0 Å². The first-order valence-corrected chi connectivity index (χ1v) is 5.92. The lowest BCUT2D eigenvalue weighted by atomic mass is 10.0. The van der Waals surface area contributed by atoms with Gasteiger partial charge in [0.2, 0.25) is 5.91 Å². The molecular formula is C11H20N2O2. The van der Waals surface area contributed by atoms with Gasteiger partial charge in [-0.1, -0.05) is 0 Å². The van der Waals surface area contributed by atoms with Crippen LogP contribution in [0.2, 0.25) is 0 Å². The molecule has 2 fully saturated rings. The average molecular weight is 212 g/mol. The molecule has 4 heteroatoms. The van der Waals surface area contributed by atoms with Crippen molar-refractivity contribution in [2.24, 2.45) is 5.92 Å². The minimum Gasteiger partial charge on any atom is -0.381 e. The quantitative estimate of drug-likeness (QED) is 0.712. The highest BCUT2D eigenvalue weighted by molar-refractivity contribution is 5.78. The number of amides is 1. The molecule has 0 aromatic heterocycles. The van der Waals surface area contributed by atoms with Gasteiger partial charge in [0.15, 0.2) is 0 Å². The molecule has 0 bridgehead atoms. The molecule has 0 aromatic carbocycles. The summed E-state index contributed by atoms with van der Waals surface area (Å²) < 4.78 is 5.44. The SMILES string of the molecule is O=C1CNCCCN1CC1CCCOC1. The monoisotopic (exact) mass is 212 g/mol. The molecule has 2 rings (SSSR count). The van der Waals surface area contributed by atoms with Crippen LogP contribution in [0.3, 0.4) is 0 Å². The van der Waals surface area contributed by atoms with Gasteiger partial charge >= 0.3 is 0 Å². The summed E-state index contributed by atoms with van der Waals surface area (Å²) in [5.41, 5.74) is 0. The molecule has 0 saturated carbocycles. The average Bonchev–Trinajstić information content (AvgIpc) is 2.46. The summed E-state index contributed by atoms with van der Waals surface area (Å²) in [6, 6.07) is 0. The third-order valence-corrected chi connectivity index (χ3v) is 3.14. The lowest BCUT2D eigenvalue weighted by Gasteiger charge is -2.28. The molecule has 15 heavy (non-hydrogen) atoms. The van der Waals surface area contributed by atoms with Crippen LogP contribution in [0, 0.1) is 5.92 Å². The van der Waals surface area contributed by atoms with Crippen molar-refractivity contribution in [2.45, 2.75) is 19.3 Å². The van der Waals surface area contributed by atoms with E-state index in [4.69, 9.17) is 4.74 Å². The van der Waals surface area contributed by atoms with Crippen LogP contribution >= 0.6 is 0 Å². The van der Waals surface area contributed by atoms with E-state index in [1.807, 2.05) is 4.90 Å². The Morgan fingerprint density at radius 3 is 3.20 bits per heavy atom. The summed E-state index contributed by atoms with van der Waals surface area (Å²) in [5.74, 6) is 0.805. The first kappa shape index (κ1) is 10.9. The smallest absolute Gasteiger partial charge is 0.236 e. The maximum absolute atomic E-state index is 11.7. The van der Waals surface area contributed by atoms with Crippen LogP contribution in [-0.2, 0) is 9.53 Å². The second-order valence-electron chi connectivity index (χ2n) is 4.45. The Labute approximate surface area is 91.0 Å². The lowest BCUT2D eigenvalue weighted by molar-refractivity contribution is -0.130. The Morgan fingerprint density at radius 1 is 1.47 bits per heavy atom. The second-order valence-corrected chi connectivity index (χ2v) is 4.45. The van der Waals surface area contributed by atoms with Gasteiger partial charge in [-0.25, -0.2) is 0 Å². The highest BCUT2D eigenvalue weighted by Gasteiger charge is 2.22. The zero-order chi connectivity index (χ0) is 10.5. The van der Waals surface area contributed by atoms with Crippen LogP contribution in [0.1, 0.15) is 19.3 Å². The Hall–Kier alpha value is -0.610. The summed E-state index contributed by atoms with van der Waals surface area (Å²) >= 11 is 0. The predicted molar refractivity (Wildman–Crippen MR) is 57.6 cm³/mol. The summed E-state index contributed by atoms with van der Waals surface area (Å²) in [4.78, 5) is 13.7. The van der Waals surface area contributed by atoms with Crippen molar-refractivity contribution >= 4 is 5.91 Å². The minimum absolute atomic E-state index is 0.248. The number of carbonyl (C=O) groups excluding carboxylic acids is 1. The van der Waals surface area contributed by atoms with Gasteiger partial charge < -0.3 is 15.0 Å². The van der Waals surface area contributed by atoms with Crippen LogP contribution in [-0.4, -0.2) is 50.2 Å². The fourth-order valence-corrected chi connectivity index (χ4v) is 2.28. The molecule has 1 N–H and O–H groups in total. The fourth-order valence-electron chi connectivity index (χ4n) is 2.28. The number of nitrogens with zero attached hydrogens (tertiary/aromatic N) is 1. The number of hydrogen-bond donors (Lipinski definition) is 1. The van der Waals surface area contributed by atoms with Gasteiger partial charge in [-0.3, -0.25) is 4.79 Å². The topological polar surface area (TPSA) is 41.6 Å². The van der Waals surface area contributed by atoms with Gasteiger partial charge in [0.25, 0.3) is 0 Å². The van der Waals surface area contributed by atoms with Crippen molar-refractivity contribution in [1.82, 2.24) is 10.2 Å². The largest absolute Gasteiger partial charge is 0.381 e. The number of ether oxygens (including phenoxy) is 1. The van der Waals surface area contributed by atoms with E-state index in [9.17, 15) is 4.79 Å². The zero-order valence-corrected chi connectivity index (χ0v) is 9.21. The van der Waals surface area contributed by atoms with Crippen LogP contribution in [0.4, 0.5) is 0 Å². The van der Waals surface area contributed by atoms with Gasteiger partial charge in [-0.2, -0.15) is 0 Å². The van der Waals surface area contributed by atoms with E-state index in [1.54, 1.807) is 0 Å². The van der Waals surface area contributed by atoms with Crippen LogP contribution in [0.25, 0.3) is 0 Å². The molecule has 0 aromatic rings.